The highest BCUT2D eigenvalue weighted by Crippen LogP contribution is 2.08. The number of alkyl carbamates (subject to hydrolysis) is 1. The Bertz CT molecular complexity index is 528. The number of hydrogen-bond donors (Lipinski definition) is 2. The van der Waals surface area contributed by atoms with Crippen LogP contribution >= 0.6 is 0 Å². The molecule has 120 valence electrons. The predicted octanol–water partition coefficient (Wildman–Crippen LogP) is 2.51. The monoisotopic (exact) mass is 304 g/mol. The van der Waals surface area contributed by atoms with Crippen LogP contribution in [0.3, 0.4) is 0 Å². The second kappa shape index (κ2) is 8.22. The SMILES string of the molecule is CNC(=O)Cc1ccc(C=CCNC(=O)OC(C)(C)C)cc1. The van der Waals surface area contributed by atoms with Crippen molar-refractivity contribution in [3.8, 4) is 0 Å². The van der Waals surface area contributed by atoms with Gasteiger partial charge in [0.25, 0.3) is 0 Å². The molecule has 0 fully saturated rings. The van der Waals surface area contributed by atoms with Crippen molar-refractivity contribution in [2.75, 3.05) is 13.6 Å². The van der Waals surface area contributed by atoms with Crippen molar-refractivity contribution < 1.29 is 14.3 Å². The molecule has 0 unspecified atom stereocenters. The van der Waals surface area contributed by atoms with Gasteiger partial charge in [-0.1, -0.05) is 36.4 Å². The van der Waals surface area contributed by atoms with Crippen LogP contribution in [0.15, 0.2) is 30.3 Å². The number of rotatable bonds is 5. The molecule has 22 heavy (non-hydrogen) atoms. The summed E-state index contributed by atoms with van der Waals surface area (Å²) in [6.45, 7) is 5.86. The normalized spacial score (nSPS) is 11.3. The van der Waals surface area contributed by atoms with Crippen LogP contribution in [0, 0.1) is 0 Å². The van der Waals surface area contributed by atoms with Crippen LogP contribution in [-0.2, 0) is 16.0 Å². The lowest BCUT2D eigenvalue weighted by Gasteiger charge is -2.19. The van der Waals surface area contributed by atoms with Gasteiger partial charge in [0.1, 0.15) is 5.60 Å². The van der Waals surface area contributed by atoms with E-state index in [0.29, 0.717) is 13.0 Å². The Balaban J connectivity index is 2.40. The van der Waals surface area contributed by atoms with E-state index in [1.54, 1.807) is 7.05 Å². The number of hydrogen-bond acceptors (Lipinski definition) is 3. The van der Waals surface area contributed by atoms with Crippen molar-refractivity contribution >= 4 is 18.1 Å². The molecule has 5 heteroatoms. The molecule has 2 amide bonds. The van der Waals surface area contributed by atoms with E-state index >= 15 is 0 Å². The Morgan fingerprint density at radius 3 is 2.36 bits per heavy atom. The Labute approximate surface area is 131 Å². The van der Waals surface area contributed by atoms with Gasteiger partial charge in [-0.25, -0.2) is 4.79 Å². The van der Waals surface area contributed by atoms with Crippen LogP contribution in [0.25, 0.3) is 6.08 Å². The topological polar surface area (TPSA) is 67.4 Å². The maximum Gasteiger partial charge on any atom is 0.407 e. The third-order valence-electron chi connectivity index (χ3n) is 2.70. The number of ether oxygens (including phenoxy) is 1. The third-order valence-corrected chi connectivity index (χ3v) is 2.70. The van der Waals surface area contributed by atoms with Gasteiger partial charge in [-0.2, -0.15) is 0 Å². The molecule has 0 aliphatic carbocycles. The van der Waals surface area contributed by atoms with E-state index in [-0.39, 0.29) is 5.91 Å². The molecular weight excluding hydrogens is 280 g/mol. The van der Waals surface area contributed by atoms with Gasteiger partial charge in [0.2, 0.25) is 5.91 Å². The largest absolute Gasteiger partial charge is 0.444 e. The number of benzene rings is 1. The number of carbonyl (C=O) groups is 2. The first-order valence-electron chi connectivity index (χ1n) is 7.23. The van der Waals surface area contributed by atoms with Gasteiger partial charge >= 0.3 is 6.09 Å². The summed E-state index contributed by atoms with van der Waals surface area (Å²) in [6.07, 6.45) is 3.69. The van der Waals surface area contributed by atoms with Gasteiger partial charge in [0.15, 0.2) is 0 Å². The second-order valence-corrected chi connectivity index (χ2v) is 5.88. The molecule has 2 N–H and O–H groups in total. The van der Waals surface area contributed by atoms with Crippen LogP contribution in [0.2, 0.25) is 0 Å². The predicted molar refractivity (Wildman–Crippen MR) is 87.5 cm³/mol. The average molecular weight is 304 g/mol. The van der Waals surface area contributed by atoms with Gasteiger partial charge in [-0.05, 0) is 31.9 Å². The summed E-state index contributed by atoms with van der Waals surface area (Å²) < 4.78 is 5.13. The third kappa shape index (κ3) is 7.47. The molecule has 0 heterocycles. The number of amides is 2. The summed E-state index contributed by atoms with van der Waals surface area (Å²) in [7, 11) is 1.62. The van der Waals surface area contributed by atoms with Crippen molar-refractivity contribution in [3.63, 3.8) is 0 Å². The summed E-state index contributed by atoms with van der Waals surface area (Å²) in [4.78, 5) is 22.7. The summed E-state index contributed by atoms with van der Waals surface area (Å²) in [5, 5.41) is 5.25. The lowest BCUT2D eigenvalue weighted by molar-refractivity contribution is -0.119. The van der Waals surface area contributed by atoms with Gasteiger partial charge in [-0.3, -0.25) is 4.79 Å². The minimum atomic E-state index is -0.492. The molecule has 1 aromatic carbocycles. The van der Waals surface area contributed by atoms with E-state index in [0.717, 1.165) is 11.1 Å². The summed E-state index contributed by atoms with van der Waals surface area (Å²) in [5.74, 6) is -0.00940. The molecule has 0 spiro atoms. The maximum absolute atomic E-state index is 11.4. The first kappa shape index (κ1) is 17.8. The van der Waals surface area contributed by atoms with Crippen LogP contribution in [0.5, 0.6) is 0 Å². The van der Waals surface area contributed by atoms with E-state index in [1.807, 2.05) is 57.2 Å². The van der Waals surface area contributed by atoms with E-state index in [2.05, 4.69) is 10.6 Å². The molecule has 1 rings (SSSR count). The van der Waals surface area contributed by atoms with E-state index in [9.17, 15) is 9.59 Å². The van der Waals surface area contributed by atoms with Crippen molar-refractivity contribution in [2.45, 2.75) is 32.8 Å². The fourth-order valence-electron chi connectivity index (χ4n) is 1.67. The lowest BCUT2D eigenvalue weighted by atomic mass is 10.1. The molecule has 0 aliphatic rings. The van der Waals surface area contributed by atoms with Crippen LogP contribution in [-0.4, -0.2) is 31.2 Å². The minimum absolute atomic E-state index is 0.00940. The van der Waals surface area contributed by atoms with Gasteiger partial charge in [0.05, 0.1) is 6.42 Å². The van der Waals surface area contributed by atoms with Gasteiger partial charge in [-0.15, -0.1) is 0 Å². The second-order valence-electron chi connectivity index (χ2n) is 5.88. The molecule has 0 aliphatic heterocycles. The lowest BCUT2D eigenvalue weighted by Crippen LogP contribution is -2.32. The molecule has 0 saturated heterocycles. The summed E-state index contributed by atoms with van der Waals surface area (Å²) >= 11 is 0. The molecule has 5 nitrogen and oxygen atoms in total. The Morgan fingerprint density at radius 1 is 1.18 bits per heavy atom. The molecule has 0 radical (unpaired) electrons. The Kier molecular flexibility index (Phi) is 6.63. The highest BCUT2D eigenvalue weighted by molar-refractivity contribution is 5.78. The molecule has 0 bridgehead atoms. The zero-order valence-corrected chi connectivity index (χ0v) is 13.6. The minimum Gasteiger partial charge on any atom is -0.444 e. The van der Waals surface area contributed by atoms with Crippen molar-refractivity contribution in [3.05, 3.63) is 41.5 Å². The zero-order chi connectivity index (χ0) is 16.6. The van der Waals surface area contributed by atoms with Gasteiger partial charge in [0, 0.05) is 13.6 Å². The summed E-state index contributed by atoms with van der Waals surface area (Å²) in [5.41, 5.74) is 1.48. The van der Waals surface area contributed by atoms with E-state index in [4.69, 9.17) is 4.74 Å². The number of likely N-dealkylation sites (N-methyl/N-ethyl adjacent to an activating group) is 1. The highest BCUT2D eigenvalue weighted by Gasteiger charge is 2.14. The smallest absolute Gasteiger partial charge is 0.407 e. The standard InChI is InChI=1S/C17H24N2O3/c1-17(2,3)22-16(21)19-11-5-6-13-7-9-14(10-8-13)12-15(20)18-4/h5-10H,11-12H2,1-4H3,(H,18,20)(H,19,21). The first-order chi connectivity index (χ1) is 10.3. The van der Waals surface area contributed by atoms with Crippen molar-refractivity contribution in [2.24, 2.45) is 0 Å². The number of carbonyl (C=O) groups excluding carboxylic acids is 2. The molecule has 0 atom stereocenters. The fraction of sp³-hybridized carbons (Fsp3) is 0.412. The molecule has 0 saturated carbocycles. The van der Waals surface area contributed by atoms with Crippen LogP contribution in [0.4, 0.5) is 4.79 Å². The summed E-state index contributed by atoms with van der Waals surface area (Å²) in [6, 6.07) is 7.69. The van der Waals surface area contributed by atoms with Crippen molar-refractivity contribution in [1.82, 2.24) is 10.6 Å². The molecule has 0 aromatic heterocycles. The Hall–Kier alpha value is -2.30. The van der Waals surface area contributed by atoms with E-state index < -0.39 is 11.7 Å². The fourth-order valence-corrected chi connectivity index (χ4v) is 1.67. The number of nitrogens with one attached hydrogen (secondary N) is 2. The maximum atomic E-state index is 11.4. The van der Waals surface area contributed by atoms with E-state index in [1.165, 1.54) is 0 Å². The van der Waals surface area contributed by atoms with Crippen LogP contribution in [0.1, 0.15) is 31.9 Å². The zero-order valence-electron chi connectivity index (χ0n) is 13.6. The van der Waals surface area contributed by atoms with Gasteiger partial charge < -0.3 is 15.4 Å². The average Bonchev–Trinajstić information content (AvgIpc) is 2.43. The van der Waals surface area contributed by atoms with Crippen molar-refractivity contribution in [1.29, 1.82) is 0 Å². The highest BCUT2D eigenvalue weighted by atomic mass is 16.6. The molecule has 1 aromatic rings. The quantitative estimate of drug-likeness (QED) is 0.878. The Morgan fingerprint density at radius 2 is 1.82 bits per heavy atom. The van der Waals surface area contributed by atoms with Crippen LogP contribution < -0.4 is 10.6 Å². The molecular formula is C17H24N2O3. The first-order valence-corrected chi connectivity index (χ1v) is 7.23.